The first-order valence-corrected chi connectivity index (χ1v) is 5.86. The van der Waals surface area contributed by atoms with E-state index >= 15 is 0 Å². The van der Waals surface area contributed by atoms with Gasteiger partial charge in [-0.3, -0.25) is 0 Å². The van der Waals surface area contributed by atoms with Gasteiger partial charge in [-0.2, -0.15) is 4.98 Å². The lowest BCUT2D eigenvalue weighted by Crippen LogP contribution is -2.01. The van der Waals surface area contributed by atoms with Crippen LogP contribution in [0.1, 0.15) is 49.7 Å². The molecule has 1 heterocycles. The van der Waals surface area contributed by atoms with Crippen LogP contribution in [0.2, 0.25) is 0 Å². The van der Waals surface area contributed by atoms with Crippen LogP contribution in [-0.4, -0.2) is 17.3 Å². The Balaban J connectivity index is 2.00. The lowest BCUT2D eigenvalue weighted by atomic mass is 9.94. The molecule has 16 heavy (non-hydrogen) atoms. The second-order valence-electron chi connectivity index (χ2n) is 4.16. The fourth-order valence-corrected chi connectivity index (χ4v) is 2.03. The summed E-state index contributed by atoms with van der Waals surface area (Å²) in [6.45, 7) is 0.427. The molecule has 0 aromatic carbocycles. The van der Waals surface area contributed by atoms with Crippen LogP contribution in [-0.2, 0) is 11.3 Å². The quantitative estimate of drug-likeness (QED) is 0.738. The van der Waals surface area contributed by atoms with Gasteiger partial charge in [-0.15, -0.1) is 0 Å². The van der Waals surface area contributed by atoms with E-state index < -0.39 is 0 Å². The second kappa shape index (κ2) is 5.80. The molecule has 4 nitrogen and oxygen atoms in total. The SMILES string of the molecule is COCc1noc(C2CC/C=C\CCC2)n1. The van der Waals surface area contributed by atoms with E-state index in [1.807, 2.05) is 0 Å². The molecule has 1 atom stereocenters. The highest BCUT2D eigenvalue weighted by molar-refractivity contribution is 4.97. The number of aromatic nitrogens is 2. The summed E-state index contributed by atoms with van der Waals surface area (Å²) in [6.07, 6.45) is 10.2. The predicted molar refractivity (Wildman–Crippen MR) is 60.0 cm³/mol. The third-order valence-corrected chi connectivity index (χ3v) is 2.88. The Morgan fingerprint density at radius 3 is 3.12 bits per heavy atom. The smallest absolute Gasteiger partial charge is 0.229 e. The van der Waals surface area contributed by atoms with Gasteiger partial charge in [0.2, 0.25) is 5.89 Å². The Kier molecular flexibility index (Phi) is 4.10. The molecule has 1 aromatic heterocycles. The summed E-state index contributed by atoms with van der Waals surface area (Å²) < 4.78 is 10.3. The summed E-state index contributed by atoms with van der Waals surface area (Å²) in [5, 5.41) is 3.91. The summed E-state index contributed by atoms with van der Waals surface area (Å²) in [5.74, 6) is 1.85. The van der Waals surface area contributed by atoms with Gasteiger partial charge in [-0.05, 0) is 32.1 Å². The van der Waals surface area contributed by atoms with Crippen molar-refractivity contribution in [2.24, 2.45) is 0 Å². The standard InChI is InChI=1S/C12H18N2O2/c1-15-9-11-13-12(16-14-11)10-7-5-3-2-4-6-8-10/h2-3,10H,4-9H2,1H3/b3-2-. The molecular weight excluding hydrogens is 204 g/mol. The average Bonchev–Trinajstić information content (AvgIpc) is 2.66. The number of nitrogens with zero attached hydrogens (tertiary/aromatic N) is 2. The number of rotatable bonds is 3. The minimum Gasteiger partial charge on any atom is -0.377 e. The van der Waals surface area contributed by atoms with Gasteiger partial charge in [0.05, 0.1) is 0 Å². The van der Waals surface area contributed by atoms with Crippen LogP contribution in [0.25, 0.3) is 0 Å². The fraction of sp³-hybridized carbons (Fsp3) is 0.667. The first-order valence-electron chi connectivity index (χ1n) is 5.86. The van der Waals surface area contributed by atoms with E-state index in [-0.39, 0.29) is 0 Å². The topological polar surface area (TPSA) is 48.2 Å². The first-order chi connectivity index (χ1) is 7.90. The molecule has 0 saturated heterocycles. The average molecular weight is 222 g/mol. The summed E-state index contributed by atoms with van der Waals surface area (Å²) in [5.41, 5.74) is 0. The number of hydrogen-bond donors (Lipinski definition) is 0. The highest BCUT2D eigenvalue weighted by Crippen LogP contribution is 2.27. The largest absolute Gasteiger partial charge is 0.377 e. The Morgan fingerprint density at radius 2 is 2.25 bits per heavy atom. The van der Waals surface area contributed by atoms with Gasteiger partial charge < -0.3 is 9.26 Å². The number of allylic oxidation sites excluding steroid dienone is 2. The van der Waals surface area contributed by atoms with E-state index in [4.69, 9.17) is 9.26 Å². The highest BCUT2D eigenvalue weighted by atomic mass is 16.5. The van der Waals surface area contributed by atoms with Gasteiger partial charge >= 0.3 is 0 Å². The lowest BCUT2D eigenvalue weighted by molar-refractivity contribution is 0.174. The van der Waals surface area contributed by atoms with E-state index in [1.165, 1.54) is 6.42 Å². The van der Waals surface area contributed by atoms with Crippen LogP contribution in [0.5, 0.6) is 0 Å². The third kappa shape index (κ3) is 2.92. The molecule has 4 heteroatoms. The minimum absolute atomic E-state index is 0.419. The molecule has 88 valence electrons. The van der Waals surface area contributed by atoms with Crippen LogP contribution < -0.4 is 0 Å². The molecule has 1 aliphatic rings. The Morgan fingerprint density at radius 1 is 1.38 bits per heavy atom. The molecule has 0 radical (unpaired) electrons. The lowest BCUT2D eigenvalue weighted by Gasteiger charge is -2.12. The zero-order valence-electron chi connectivity index (χ0n) is 9.69. The summed E-state index contributed by atoms with van der Waals surface area (Å²) in [4.78, 5) is 4.37. The summed E-state index contributed by atoms with van der Waals surface area (Å²) in [6, 6.07) is 0. The summed E-state index contributed by atoms with van der Waals surface area (Å²) in [7, 11) is 1.64. The fourth-order valence-electron chi connectivity index (χ4n) is 2.03. The normalized spacial score (nSPS) is 23.7. The molecule has 2 rings (SSSR count). The Bertz CT molecular complexity index is 347. The summed E-state index contributed by atoms with van der Waals surface area (Å²) >= 11 is 0. The van der Waals surface area contributed by atoms with Gasteiger partial charge in [0.1, 0.15) is 6.61 Å². The third-order valence-electron chi connectivity index (χ3n) is 2.88. The molecule has 0 spiro atoms. The molecule has 1 aliphatic carbocycles. The van der Waals surface area contributed by atoms with Crippen LogP contribution in [0, 0.1) is 0 Å². The molecule has 0 amide bonds. The van der Waals surface area contributed by atoms with Crippen molar-refractivity contribution in [1.82, 2.24) is 10.1 Å². The van der Waals surface area contributed by atoms with Crippen LogP contribution in [0.15, 0.2) is 16.7 Å². The zero-order valence-corrected chi connectivity index (χ0v) is 9.69. The van der Waals surface area contributed by atoms with E-state index in [1.54, 1.807) is 7.11 Å². The molecule has 0 saturated carbocycles. The molecule has 1 unspecified atom stereocenters. The maximum Gasteiger partial charge on any atom is 0.229 e. The van der Waals surface area contributed by atoms with E-state index in [2.05, 4.69) is 22.3 Å². The van der Waals surface area contributed by atoms with Crippen molar-refractivity contribution in [2.45, 2.75) is 44.6 Å². The van der Waals surface area contributed by atoms with Gasteiger partial charge in [0.15, 0.2) is 5.82 Å². The maximum absolute atomic E-state index is 5.29. The van der Waals surface area contributed by atoms with Gasteiger partial charge in [0, 0.05) is 13.0 Å². The number of methoxy groups -OCH3 is 1. The molecule has 0 N–H and O–H groups in total. The molecule has 0 bridgehead atoms. The predicted octanol–water partition coefficient (Wildman–Crippen LogP) is 2.82. The Labute approximate surface area is 95.7 Å². The molecular formula is C12H18N2O2. The van der Waals surface area contributed by atoms with Crippen molar-refractivity contribution in [3.8, 4) is 0 Å². The van der Waals surface area contributed by atoms with Crippen molar-refractivity contribution in [1.29, 1.82) is 0 Å². The maximum atomic E-state index is 5.29. The first kappa shape index (κ1) is 11.3. The van der Waals surface area contributed by atoms with E-state index in [0.29, 0.717) is 18.3 Å². The monoisotopic (exact) mass is 222 g/mol. The van der Waals surface area contributed by atoms with Gasteiger partial charge in [-0.25, -0.2) is 0 Å². The second-order valence-corrected chi connectivity index (χ2v) is 4.16. The van der Waals surface area contributed by atoms with Crippen molar-refractivity contribution < 1.29 is 9.26 Å². The van der Waals surface area contributed by atoms with Crippen molar-refractivity contribution in [2.75, 3.05) is 7.11 Å². The minimum atomic E-state index is 0.419. The van der Waals surface area contributed by atoms with Gasteiger partial charge in [0.25, 0.3) is 0 Å². The Hall–Kier alpha value is -1.16. The zero-order chi connectivity index (χ0) is 11.2. The van der Waals surface area contributed by atoms with E-state index in [0.717, 1.165) is 31.6 Å². The van der Waals surface area contributed by atoms with E-state index in [9.17, 15) is 0 Å². The van der Waals surface area contributed by atoms with Crippen molar-refractivity contribution in [3.05, 3.63) is 23.9 Å². The molecule has 1 aromatic rings. The van der Waals surface area contributed by atoms with Crippen molar-refractivity contribution >= 4 is 0 Å². The number of ether oxygens (including phenoxy) is 1. The molecule has 0 aliphatic heterocycles. The highest BCUT2D eigenvalue weighted by Gasteiger charge is 2.18. The molecule has 0 fully saturated rings. The van der Waals surface area contributed by atoms with Crippen LogP contribution >= 0.6 is 0 Å². The van der Waals surface area contributed by atoms with Crippen LogP contribution in [0.3, 0.4) is 0 Å². The van der Waals surface area contributed by atoms with Crippen LogP contribution in [0.4, 0.5) is 0 Å². The number of hydrogen-bond acceptors (Lipinski definition) is 4. The van der Waals surface area contributed by atoms with Crippen molar-refractivity contribution in [3.63, 3.8) is 0 Å². The van der Waals surface area contributed by atoms with Gasteiger partial charge in [-0.1, -0.05) is 17.3 Å².